The molecule has 24 heavy (non-hydrogen) atoms. The normalized spacial score (nSPS) is 10.9. The van der Waals surface area contributed by atoms with Gasteiger partial charge in [0.2, 0.25) is 0 Å². The monoisotopic (exact) mass is 346 g/mol. The molecular formula is C18H19ClN2O3. The highest BCUT2D eigenvalue weighted by atomic mass is 35.5. The van der Waals surface area contributed by atoms with Crippen LogP contribution in [0.15, 0.2) is 47.6 Å². The molecule has 0 saturated carbocycles. The van der Waals surface area contributed by atoms with Gasteiger partial charge in [-0.25, -0.2) is 5.43 Å². The molecule has 2 aromatic carbocycles. The molecule has 0 saturated heterocycles. The second kappa shape index (κ2) is 8.36. The molecular weight excluding hydrogens is 328 g/mol. The molecule has 0 aliphatic heterocycles. The average Bonchev–Trinajstić information content (AvgIpc) is 2.55. The highest BCUT2D eigenvalue weighted by molar-refractivity contribution is 6.33. The van der Waals surface area contributed by atoms with Crippen LogP contribution in [-0.4, -0.2) is 25.3 Å². The van der Waals surface area contributed by atoms with Crippen molar-refractivity contribution in [3.63, 3.8) is 0 Å². The molecule has 0 heterocycles. The topological polar surface area (TPSA) is 59.9 Å². The number of methoxy groups -OCH3 is 1. The van der Waals surface area contributed by atoms with Crippen molar-refractivity contribution >= 4 is 23.7 Å². The number of halogens is 1. The summed E-state index contributed by atoms with van der Waals surface area (Å²) in [5.41, 5.74) is 3.59. The molecule has 0 atom stereocenters. The van der Waals surface area contributed by atoms with Crippen molar-refractivity contribution in [3.05, 3.63) is 58.6 Å². The van der Waals surface area contributed by atoms with Gasteiger partial charge in [-0.1, -0.05) is 23.7 Å². The van der Waals surface area contributed by atoms with E-state index in [1.54, 1.807) is 43.5 Å². The second-order valence-electron chi connectivity index (χ2n) is 5.26. The van der Waals surface area contributed by atoms with Gasteiger partial charge in [0, 0.05) is 0 Å². The minimum absolute atomic E-state index is 0.0195. The van der Waals surface area contributed by atoms with Crippen LogP contribution in [0.3, 0.4) is 0 Å². The van der Waals surface area contributed by atoms with Crippen LogP contribution in [0.2, 0.25) is 5.02 Å². The van der Waals surface area contributed by atoms with Crippen molar-refractivity contribution in [2.75, 3.05) is 7.11 Å². The van der Waals surface area contributed by atoms with E-state index in [0.717, 1.165) is 5.56 Å². The molecule has 0 radical (unpaired) electrons. The quantitative estimate of drug-likeness (QED) is 0.637. The Labute approximate surface area is 146 Å². The smallest absolute Gasteiger partial charge is 0.272 e. The van der Waals surface area contributed by atoms with Crippen LogP contribution in [0.4, 0.5) is 0 Å². The molecule has 0 bridgehead atoms. The van der Waals surface area contributed by atoms with E-state index in [4.69, 9.17) is 21.1 Å². The van der Waals surface area contributed by atoms with Crippen LogP contribution in [0.5, 0.6) is 11.5 Å². The van der Waals surface area contributed by atoms with Crippen LogP contribution in [0, 0.1) is 0 Å². The molecule has 0 fully saturated rings. The zero-order valence-corrected chi connectivity index (χ0v) is 14.5. The maximum Gasteiger partial charge on any atom is 0.272 e. The number of hydrogen-bond acceptors (Lipinski definition) is 4. The predicted octanol–water partition coefficient (Wildman–Crippen LogP) is 3.90. The first-order chi connectivity index (χ1) is 11.5. The summed E-state index contributed by atoms with van der Waals surface area (Å²) in [7, 11) is 1.58. The van der Waals surface area contributed by atoms with E-state index >= 15 is 0 Å². The second-order valence-corrected chi connectivity index (χ2v) is 5.66. The third-order valence-corrected chi connectivity index (χ3v) is 3.38. The van der Waals surface area contributed by atoms with Gasteiger partial charge >= 0.3 is 0 Å². The number of amides is 1. The number of carbonyl (C=O) groups excluding carboxylic acids is 1. The maximum absolute atomic E-state index is 12.0. The van der Waals surface area contributed by atoms with Gasteiger partial charge in [0.25, 0.3) is 5.91 Å². The summed E-state index contributed by atoms with van der Waals surface area (Å²) in [6, 6.07) is 12.2. The number of carbonyl (C=O) groups is 1. The van der Waals surface area contributed by atoms with Crippen molar-refractivity contribution in [2.24, 2.45) is 5.10 Å². The van der Waals surface area contributed by atoms with Gasteiger partial charge in [0.15, 0.2) is 11.5 Å². The molecule has 2 aromatic rings. The lowest BCUT2D eigenvalue weighted by molar-refractivity contribution is 0.0955. The number of nitrogens with one attached hydrogen (secondary N) is 1. The minimum Gasteiger partial charge on any atom is -0.493 e. The van der Waals surface area contributed by atoms with Gasteiger partial charge in [-0.05, 0) is 49.7 Å². The molecule has 0 aromatic heterocycles. The Balaban J connectivity index is 2.09. The SMILES string of the molecule is COc1ccc(/C=N\NC(=O)c2ccccc2Cl)cc1OC(C)C. The molecule has 2 rings (SSSR count). The van der Waals surface area contributed by atoms with Crippen molar-refractivity contribution in [1.29, 1.82) is 0 Å². The summed E-state index contributed by atoms with van der Waals surface area (Å²) in [5.74, 6) is 0.888. The first kappa shape index (κ1) is 17.8. The van der Waals surface area contributed by atoms with Crippen molar-refractivity contribution in [2.45, 2.75) is 20.0 Å². The lowest BCUT2D eigenvalue weighted by Crippen LogP contribution is -2.17. The van der Waals surface area contributed by atoms with E-state index in [-0.39, 0.29) is 12.0 Å². The summed E-state index contributed by atoms with van der Waals surface area (Å²) in [4.78, 5) is 12.0. The van der Waals surface area contributed by atoms with Crippen molar-refractivity contribution in [3.8, 4) is 11.5 Å². The van der Waals surface area contributed by atoms with Gasteiger partial charge in [-0.2, -0.15) is 5.10 Å². The molecule has 5 nitrogen and oxygen atoms in total. The summed E-state index contributed by atoms with van der Waals surface area (Å²) < 4.78 is 11.0. The van der Waals surface area contributed by atoms with E-state index in [2.05, 4.69) is 10.5 Å². The summed E-state index contributed by atoms with van der Waals surface area (Å²) in [6.07, 6.45) is 1.55. The van der Waals surface area contributed by atoms with E-state index in [1.807, 2.05) is 19.9 Å². The Hall–Kier alpha value is -2.53. The Morgan fingerprint density at radius 2 is 1.96 bits per heavy atom. The highest BCUT2D eigenvalue weighted by Crippen LogP contribution is 2.28. The van der Waals surface area contributed by atoms with Gasteiger partial charge in [0.1, 0.15) is 0 Å². The van der Waals surface area contributed by atoms with Crippen LogP contribution in [-0.2, 0) is 0 Å². The van der Waals surface area contributed by atoms with Crippen LogP contribution in [0.25, 0.3) is 0 Å². The fourth-order valence-corrected chi connectivity index (χ4v) is 2.21. The Morgan fingerprint density at radius 3 is 2.62 bits per heavy atom. The number of benzene rings is 2. The molecule has 0 aliphatic rings. The lowest BCUT2D eigenvalue weighted by atomic mass is 10.2. The number of rotatable bonds is 6. The number of ether oxygens (including phenoxy) is 2. The van der Waals surface area contributed by atoms with E-state index in [0.29, 0.717) is 22.1 Å². The van der Waals surface area contributed by atoms with Crippen LogP contribution in [0.1, 0.15) is 29.8 Å². The third kappa shape index (κ3) is 4.73. The lowest BCUT2D eigenvalue weighted by Gasteiger charge is -2.13. The Kier molecular flexibility index (Phi) is 6.21. The molecule has 126 valence electrons. The molecule has 1 amide bonds. The molecule has 6 heteroatoms. The van der Waals surface area contributed by atoms with Gasteiger partial charge < -0.3 is 9.47 Å². The highest BCUT2D eigenvalue weighted by Gasteiger charge is 2.09. The molecule has 0 spiro atoms. The first-order valence-corrected chi connectivity index (χ1v) is 7.81. The molecule has 1 N–H and O–H groups in total. The van der Waals surface area contributed by atoms with Crippen LogP contribution >= 0.6 is 11.6 Å². The number of nitrogens with zero attached hydrogens (tertiary/aromatic N) is 1. The zero-order chi connectivity index (χ0) is 17.5. The van der Waals surface area contributed by atoms with Gasteiger partial charge in [-0.3, -0.25) is 4.79 Å². The average molecular weight is 347 g/mol. The first-order valence-electron chi connectivity index (χ1n) is 7.44. The largest absolute Gasteiger partial charge is 0.493 e. The number of hydrazone groups is 1. The number of hydrogen-bond donors (Lipinski definition) is 1. The van der Waals surface area contributed by atoms with E-state index < -0.39 is 0 Å². The third-order valence-electron chi connectivity index (χ3n) is 3.05. The van der Waals surface area contributed by atoms with Crippen LogP contribution < -0.4 is 14.9 Å². The van der Waals surface area contributed by atoms with Crippen molar-refractivity contribution in [1.82, 2.24) is 5.43 Å². The van der Waals surface area contributed by atoms with Gasteiger partial charge in [0.05, 0.1) is 30.0 Å². The van der Waals surface area contributed by atoms with E-state index in [1.165, 1.54) is 6.21 Å². The Morgan fingerprint density at radius 1 is 1.21 bits per heavy atom. The zero-order valence-electron chi connectivity index (χ0n) is 13.7. The van der Waals surface area contributed by atoms with E-state index in [9.17, 15) is 4.79 Å². The summed E-state index contributed by atoms with van der Waals surface area (Å²) in [6.45, 7) is 3.87. The summed E-state index contributed by atoms with van der Waals surface area (Å²) >= 11 is 5.97. The molecule has 0 unspecified atom stereocenters. The minimum atomic E-state index is -0.371. The Bertz CT molecular complexity index is 745. The fraction of sp³-hybridized carbons (Fsp3) is 0.222. The standard InChI is InChI=1S/C18H19ClN2O3/c1-12(2)24-17-10-13(8-9-16(17)23-3)11-20-21-18(22)14-6-4-5-7-15(14)19/h4-12H,1-3H3,(H,21,22)/b20-11-. The fourth-order valence-electron chi connectivity index (χ4n) is 1.99. The predicted molar refractivity (Wildman–Crippen MR) is 95.3 cm³/mol. The summed E-state index contributed by atoms with van der Waals surface area (Å²) in [5, 5.41) is 4.33. The maximum atomic E-state index is 12.0. The molecule has 0 aliphatic carbocycles. The van der Waals surface area contributed by atoms with Crippen molar-refractivity contribution < 1.29 is 14.3 Å². The van der Waals surface area contributed by atoms with Gasteiger partial charge in [-0.15, -0.1) is 0 Å².